The summed E-state index contributed by atoms with van der Waals surface area (Å²) in [5.41, 5.74) is 0.760. The minimum Gasteiger partial charge on any atom is -0.384 e. The summed E-state index contributed by atoms with van der Waals surface area (Å²) < 4.78 is 26.4. The monoisotopic (exact) mass is 311 g/mol. The third-order valence-corrected chi connectivity index (χ3v) is 4.62. The number of rotatable bonds is 4. The molecule has 0 aliphatic carbocycles. The number of aromatic nitrogens is 2. The first kappa shape index (κ1) is 14.7. The highest BCUT2D eigenvalue weighted by Gasteiger charge is 2.16. The van der Waals surface area contributed by atoms with Gasteiger partial charge in [0.15, 0.2) is 5.03 Å². The Kier molecular flexibility index (Phi) is 4.57. The van der Waals surface area contributed by atoms with Crippen LogP contribution < -0.4 is 4.72 Å². The Morgan fingerprint density at radius 2 is 2.35 bits per heavy atom. The Hall–Kier alpha value is -1.66. The van der Waals surface area contributed by atoms with E-state index >= 15 is 0 Å². The van der Waals surface area contributed by atoms with Crippen LogP contribution >= 0.6 is 11.3 Å². The molecular formula is C12H13N3O3S2. The van der Waals surface area contributed by atoms with Gasteiger partial charge in [-0.25, -0.2) is 18.1 Å². The van der Waals surface area contributed by atoms with E-state index in [0.717, 1.165) is 10.4 Å². The van der Waals surface area contributed by atoms with Crippen molar-refractivity contribution >= 4 is 21.4 Å². The molecule has 0 atom stereocenters. The van der Waals surface area contributed by atoms with E-state index in [-0.39, 0.29) is 18.2 Å². The molecule has 0 spiro atoms. The van der Waals surface area contributed by atoms with E-state index < -0.39 is 10.0 Å². The van der Waals surface area contributed by atoms with Crippen LogP contribution in [0.2, 0.25) is 0 Å². The fourth-order valence-corrected chi connectivity index (χ4v) is 3.28. The number of nitrogens with zero attached hydrogens (tertiary/aromatic N) is 1. The number of hydrogen-bond donors (Lipinski definition) is 3. The molecule has 2 rings (SSSR count). The van der Waals surface area contributed by atoms with E-state index in [1.807, 2.05) is 5.38 Å². The standard InChI is InChI=1S/C12H13N3O3S2/c1-9-13-7-12(15-9)20(17,18)14-6-11-5-10(8-19-11)3-2-4-16/h5,7-8,14,16H,4,6H2,1H3,(H,13,15). The van der Waals surface area contributed by atoms with Crippen LogP contribution in [0.5, 0.6) is 0 Å². The maximum atomic E-state index is 12.0. The van der Waals surface area contributed by atoms with Gasteiger partial charge in [-0.1, -0.05) is 11.8 Å². The van der Waals surface area contributed by atoms with Crippen molar-refractivity contribution in [2.75, 3.05) is 6.61 Å². The fraction of sp³-hybridized carbons (Fsp3) is 0.250. The summed E-state index contributed by atoms with van der Waals surface area (Å²) in [5.74, 6) is 5.85. The van der Waals surface area contributed by atoms with E-state index in [0.29, 0.717) is 5.82 Å². The fourth-order valence-electron chi connectivity index (χ4n) is 1.46. The van der Waals surface area contributed by atoms with Gasteiger partial charge in [0.25, 0.3) is 10.0 Å². The Balaban J connectivity index is 2.03. The van der Waals surface area contributed by atoms with Crippen LogP contribution in [0.15, 0.2) is 22.7 Å². The summed E-state index contributed by atoms with van der Waals surface area (Å²) in [6, 6.07) is 1.79. The summed E-state index contributed by atoms with van der Waals surface area (Å²) in [6.45, 7) is 1.67. The summed E-state index contributed by atoms with van der Waals surface area (Å²) in [4.78, 5) is 7.38. The summed E-state index contributed by atoms with van der Waals surface area (Å²) in [6.07, 6.45) is 1.28. The van der Waals surface area contributed by atoms with Crippen LogP contribution in [-0.4, -0.2) is 30.1 Å². The maximum absolute atomic E-state index is 12.0. The number of aliphatic hydroxyl groups is 1. The second-order valence-corrected chi connectivity index (χ2v) is 6.65. The topological polar surface area (TPSA) is 95.1 Å². The molecule has 0 fully saturated rings. The zero-order valence-electron chi connectivity index (χ0n) is 10.7. The molecule has 0 radical (unpaired) electrons. The number of aromatic amines is 1. The van der Waals surface area contributed by atoms with Crippen molar-refractivity contribution in [3.63, 3.8) is 0 Å². The normalized spacial score (nSPS) is 11.1. The van der Waals surface area contributed by atoms with E-state index in [2.05, 4.69) is 26.5 Å². The van der Waals surface area contributed by atoms with Crippen LogP contribution in [-0.2, 0) is 16.6 Å². The first-order valence-electron chi connectivity index (χ1n) is 5.69. The Morgan fingerprint density at radius 3 is 3.00 bits per heavy atom. The lowest BCUT2D eigenvalue weighted by molar-refractivity contribution is 0.350. The molecular weight excluding hydrogens is 298 g/mol. The summed E-state index contributed by atoms with van der Waals surface area (Å²) in [7, 11) is -3.58. The van der Waals surface area contributed by atoms with E-state index in [1.165, 1.54) is 17.5 Å². The number of thiophene rings is 1. The van der Waals surface area contributed by atoms with Gasteiger partial charge in [-0.15, -0.1) is 11.3 Å². The Labute approximate surface area is 120 Å². The van der Waals surface area contributed by atoms with E-state index in [1.54, 1.807) is 13.0 Å². The molecule has 8 heteroatoms. The number of hydrogen-bond acceptors (Lipinski definition) is 5. The molecule has 0 unspecified atom stereocenters. The van der Waals surface area contributed by atoms with Crippen LogP contribution in [0.4, 0.5) is 0 Å². The molecule has 2 aromatic heterocycles. The first-order valence-corrected chi connectivity index (χ1v) is 8.06. The highest BCUT2D eigenvalue weighted by atomic mass is 32.2. The lowest BCUT2D eigenvalue weighted by Crippen LogP contribution is -2.23. The highest BCUT2D eigenvalue weighted by Crippen LogP contribution is 2.14. The Morgan fingerprint density at radius 1 is 1.55 bits per heavy atom. The third kappa shape index (κ3) is 3.68. The molecule has 106 valence electrons. The van der Waals surface area contributed by atoms with Crippen molar-refractivity contribution in [1.82, 2.24) is 14.7 Å². The predicted octanol–water partition coefficient (Wildman–Crippen LogP) is 0.602. The molecule has 0 saturated heterocycles. The second-order valence-electron chi connectivity index (χ2n) is 3.92. The quantitative estimate of drug-likeness (QED) is 0.721. The molecule has 2 aromatic rings. The van der Waals surface area contributed by atoms with Gasteiger partial charge >= 0.3 is 0 Å². The molecule has 0 aromatic carbocycles. The summed E-state index contributed by atoms with van der Waals surface area (Å²) in [5, 5.41) is 10.5. The number of imidazole rings is 1. The average molecular weight is 311 g/mol. The zero-order valence-corrected chi connectivity index (χ0v) is 12.3. The van der Waals surface area contributed by atoms with Crippen molar-refractivity contribution in [3.05, 3.63) is 33.9 Å². The molecule has 0 aliphatic heterocycles. The number of sulfonamides is 1. The van der Waals surface area contributed by atoms with Gasteiger partial charge in [0, 0.05) is 22.4 Å². The van der Waals surface area contributed by atoms with Gasteiger partial charge in [-0.3, -0.25) is 0 Å². The van der Waals surface area contributed by atoms with Crippen LogP contribution in [0.3, 0.4) is 0 Å². The summed E-state index contributed by atoms with van der Waals surface area (Å²) >= 11 is 1.40. The number of aliphatic hydroxyl groups excluding tert-OH is 1. The lowest BCUT2D eigenvalue weighted by Gasteiger charge is -2.02. The molecule has 6 nitrogen and oxygen atoms in total. The predicted molar refractivity (Wildman–Crippen MR) is 75.6 cm³/mol. The van der Waals surface area contributed by atoms with Gasteiger partial charge in [0.05, 0.1) is 6.20 Å². The largest absolute Gasteiger partial charge is 0.384 e. The molecule has 0 amide bonds. The average Bonchev–Trinajstić information content (AvgIpc) is 3.03. The van der Waals surface area contributed by atoms with Gasteiger partial charge < -0.3 is 10.1 Å². The molecule has 20 heavy (non-hydrogen) atoms. The number of nitrogens with one attached hydrogen (secondary N) is 2. The number of H-pyrrole nitrogens is 1. The molecule has 0 aliphatic rings. The van der Waals surface area contributed by atoms with E-state index in [4.69, 9.17) is 5.11 Å². The molecule has 3 N–H and O–H groups in total. The van der Waals surface area contributed by atoms with Crippen molar-refractivity contribution in [2.24, 2.45) is 0 Å². The highest BCUT2D eigenvalue weighted by molar-refractivity contribution is 7.89. The lowest BCUT2D eigenvalue weighted by atomic mass is 10.3. The minimum atomic E-state index is -3.58. The Bertz CT molecular complexity index is 750. The third-order valence-electron chi connectivity index (χ3n) is 2.37. The van der Waals surface area contributed by atoms with Crippen LogP contribution in [0.25, 0.3) is 0 Å². The van der Waals surface area contributed by atoms with Gasteiger partial charge in [0.1, 0.15) is 12.4 Å². The van der Waals surface area contributed by atoms with Crippen molar-refractivity contribution in [2.45, 2.75) is 18.5 Å². The maximum Gasteiger partial charge on any atom is 0.257 e. The van der Waals surface area contributed by atoms with Crippen molar-refractivity contribution in [3.8, 4) is 11.8 Å². The second kappa shape index (κ2) is 6.19. The van der Waals surface area contributed by atoms with Crippen LogP contribution in [0.1, 0.15) is 16.3 Å². The zero-order chi connectivity index (χ0) is 14.6. The van der Waals surface area contributed by atoms with Gasteiger partial charge in [-0.05, 0) is 13.0 Å². The smallest absolute Gasteiger partial charge is 0.257 e. The van der Waals surface area contributed by atoms with Crippen LogP contribution in [0, 0.1) is 18.8 Å². The minimum absolute atomic E-state index is 0.0480. The SMILES string of the molecule is Cc1ncc(S(=O)(=O)NCc2cc(C#CCO)cs2)[nH]1. The van der Waals surface area contributed by atoms with Gasteiger partial charge in [0.2, 0.25) is 0 Å². The van der Waals surface area contributed by atoms with E-state index in [9.17, 15) is 8.42 Å². The first-order chi connectivity index (χ1) is 9.51. The molecule has 0 bridgehead atoms. The number of aryl methyl sites for hydroxylation is 1. The molecule has 2 heterocycles. The van der Waals surface area contributed by atoms with Gasteiger partial charge in [-0.2, -0.15) is 0 Å². The van der Waals surface area contributed by atoms with Crippen molar-refractivity contribution < 1.29 is 13.5 Å². The van der Waals surface area contributed by atoms with Crippen molar-refractivity contribution in [1.29, 1.82) is 0 Å². The molecule has 0 saturated carbocycles.